The average Bonchev–Trinajstić information content (AvgIpc) is 2.68. The van der Waals surface area contributed by atoms with E-state index in [-0.39, 0.29) is 6.04 Å². The monoisotopic (exact) mass is 310 g/mol. The number of nitrogens with one attached hydrogen (secondary N) is 1. The lowest BCUT2D eigenvalue weighted by Crippen LogP contribution is -2.10. The summed E-state index contributed by atoms with van der Waals surface area (Å²) in [7, 11) is -3.24. The fourth-order valence-corrected chi connectivity index (χ4v) is 3.94. The molecule has 2 aromatic rings. The third-order valence-electron chi connectivity index (χ3n) is 2.99. The molecule has 0 amide bonds. The molecular weight excluding hydrogens is 292 g/mol. The Labute approximate surface area is 123 Å². The van der Waals surface area contributed by atoms with Crippen LogP contribution in [0.25, 0.3) is 0 Å². The standard InChI is InChI=1S/C14H18N2O2S2/c1-9-14(19-11(3)15-9)10(2)16-12-7-5-6-8-13(12)20(4,17)18/h5-8,10,16H,1-4H3. The van der Waals surface area contributed by atoms with Crippen molar-refractivity contribution in [3.05, 3.63) is 39.8 Å². The molecule has 0 saturated heterocycles. The Bertz CT molecular complexity index is 721. The summed E-state index contributed by atoms with van der Waals surface area (Å²) in [6.45, 7) is 5.96. The van der Waals surface area contributed by atoms with Crippen molar-refractivity contribution in [1.82, 2.24) is 4.98 Å². The largest absolute Gasteiger partial charge is 0.377 e. The molecule has 1 aromatic heterocycles. The topological polar surface area (TPSA) is 59.1 Å². The maximum absolute atomic E-state index is 11.8. The van der Waals surface area contributed by atoms with Crippen molar-refractivity contribution in [3.63, 3.8) is 0 Å². The fraction of sp³-hybridized carbons (Fsp3) is 0.357. The summed E-state index contributed by atoms with van der Waals surface area (Å²) in [6.07, 6.45) is 1.22. The summed E-state index contributed by atoms with van der Waals surface area (Å²) < 4.78 is 23.6. The Balaban J connectivity index is 2.34. The van der Waals surface area contributed by atoms with Gasteiger partial charge in [0, 0.05) is 11.1 Å². The third-order valence-corrected chi connectivity index (χ3v) is 5.40. The number of benzene rings is 1. The van der Waals surface area contributed by atoms with E-state index in [9.17, 15) is 8.42 Å². The van der Waals surface area contributed by atoms with Crippen molar-refractivity contribution in [1.29, 1.82) is 0 Å². The van der Waals surface area contributed by atoms with Gasteiger partial charge in [-0.3, -0.25) is 0 Å². The van der Waals surface area contributed by atoms with Crippen LogP contribution in [0.15, 0.2) is 29.2 Å². The van der Waals surface area contributed by atoms with Crippen molar-refractivity contribution < 1.29 is 8.42 Å². The summed E-state index contributed by atoms with van der Waals surface area (Å²) in [5, 5.41) is 4.29. The zero-order valence-electron chi connectivity index (χ0n) is 12.0. The van der Waals surface area contributed by atoms with E-state index in [0.29, 0.717) is 10.6 Å². The molecule has 1 heterocycles. The van der Waals surface area contributed by atoms with Crippen LogP contribution in [0.2, 0.25) is 0 Å². The number of hydrogen-bond donors (Lipinski definition) is 1. The van der Waals surface area contributed by atoms with Gasteiger partial charge >= 0.3 is 0 Å². The lowest BCUT2D eigenvalue weighted by atomic mass is 10.2. The molecule has 0 radical (unpaired) electrons. The van der Waals surface area contributed by atoms with Crippen molar-refractivity contribution in [2.24, 2.45) is 0 Å². The normalized spacial score (nSPS) is 13.2. The Kier molecular flexibility index (Phi) is 4.15. The smallest absolute Gasteiger partial charge is 0.177 e. The molecule has 1 N–H and O–H groups in total. The number of nitrogens with zero attached hydrogens (tertiary/aromatic N) is 1. The first-order valence-electron chi connectivity index (χ1n) is 6.28. The fourth-order valence-electron chi connectivity index (χ4n) is 2.16. The van der Waals surface area contributed by atoms with Gasteiger partial charge < -0.3 is 5.32 Å². The molecule has 0 saturated carbocycles. The first-order chi connectivity index (χ1) is 9.29. The Morgan fingerprint density at radius 2 is 1.90 bits per heavy atom. The second-order valence-electron chi connectivity index (χ2n) is 4.82. The molecule has 20 heavy (non-hydrogen) atoms. The molecule has 0 fully saturated rings. The highest BCUT2D eigenvalue weighted by Crippen LogP contribution is 2.30. The molecule has 0 bridgehead atoms. The molecule has 1 atom stereocenters. The Morgan fingerprint density at radius 1 is 1.25 bits per heavy atom. The summed E-state index contributed by atoms with van der Waals surface area (Å²) in [5.41, 5.74) is 1.62. The van der Waals surface area contributed by atoms with Crippen LogP contribution >= 0.6 is 11.3 Å². The van der Waals surface area contributed by atoms with E-state index < -0.39 is 9.84 Å². The number of aromatic nitrogens is 1. The van der Waals surface area contributed by atoms with Gasteiger partial charge in [-0.05, 0) is 32.9 Å². The zero-order valence-corrected chi connectivity index (χ0v) is 13.6. The van der Waals surface area contributed by atoms with E-state index in [1.165, 1.54) is 6.26 Å². The number of sulfone groups is 1. The molecule has 0 aliphatic carbocycles. The van der Waals surface area contributed by atoms with Crippen LogP contribution in [0.1, 0.15) is 28.5 Å². The molecule has 1 unspecified atom stereocenters. The highest BCUT2D eigenvalue weighted by atomic mass is 32.2. The number of aryl methyl sites for hydroxylation is 2. The Morgan fingerprint density at radius 3 is 2.45 bits per heavy atom. The van der Waals surface area contributed by atoms with E-state index in [1.54, 1.807) is 29.5 Å². The second-order valence-corrected chi connectivity index (χ2v) is 8.04. The van der Waals surface area contributed by atoms with E-state index in [4.69, 9.17) is 0 Å². The second kappa shape index (κ2) is 5.54. The predicted octanol–water partition coefficient (Wildman–Crippen LogP) is 3.34. The van der Waals surface area contributed by atoms with Crippen LogP contribution in [0.4, 0.5) is 5.69 Å². The molecule has 2 rings (SSSR count). The first kappa shape index (κ1) is 15.0. The van der Waals surface area contributed by atoms with Gasteiger partial charge in [-0.15, -0.1) is 11.3 Å². The summed E-state index contributed by atoms with van der Waals surface area (Å²) in [4.78, 5) is 5.86. The van der Waals surface area contributed by atoms with Crippen LogP contribution in [0.3, 0.4) is 0 Å². The molecular formula is C14H18N2O2S2. The van der Waals surface area contributed by atoms with Gasteiger partial charge in [-0.1, -0.05) is 12.1 Å². The lowest BCUT2D eigenvalue weighted by molar-refractivity contribution is 0.602. The van der Waals surface area contributed by atoms with Gasteiger partial charge in [0.25, 0.3) is 0 Å². The quantitative estimate of drug-likeness (QED) is 0.941. The molecule has 0 aliphatic heterocycles. The number of rotatable bonds is 4. The minimum Gasteiger partial charge on any atom is -0.377 e. The maximum Gasteiger partial charge on any atom is 0.177 e. The predicted molar refractivity (Wildman–Crippen MR) is 83.2 cm³/mol. The number of anilines is 1. The average molecular weight is 310 g/mol. The zero-order chi connectivity index (χ0) is 14.9. The summed E-state index contributed by atoms with van der Waals surface area (Å²) in [5.74, 6) is 0. The van der Waals surface area contributed by atoms with Crippen LogP contribution in [0.5, 0.6) is 0 Å². The molecule has 6 heteroatoms. The SMILES string of the molecule is Cc1nc(C)c(C(C)Nc2ccccc2S(C)(=O)=O)s1. The number of hydrogen-bond acceptors (Lipinski definition) is 5. The summed E-state index contributed by atoms with van der Waals surface area (Å²) >= 11 is 1.63. The molecule has 4 nitrogen and oxygen atoms in total. The van der Waals surface area contributed by atoms with Gasteiger partial charge in [0.2, 0.25) is 0 Å². The first-order valence-corrected chi connectivity index (χ1v) is 8.99. The van der Waals surface area contributed by atoms with Crippen LogP contribution in [-0.4, -0.2) is 19.7 Å². The number of para-hydroxylation sites is 1. The summed E-state index contributed by atoms with van der Waals surface area (Å²) in [6, 6.07) is 6.98. The van der Waals surface area contributed by atoms with Gasteiger partial charge in [0.1, 0.15) is 0 Å². The molecule has 108 valence electrons. The van der Waals surface area contributed by atoms with Gasteiger partial charge in [0.15, 0.2) is 9.84 Å². The van der Waals surface area contributed by atoms with Crippen LogP contribution in [0, 0.1) is 13.8 Å². The minimum atomic E-state index is -3.24. The van der Waals surface area contributed by atoms with Crippen LogP contribution in [-0.2, 0) is 9.84 Å². The van der Waals surface area contributed by atoms with Crippen molar-refractivity contribution in [2.45, 2.75) is 31.7 Å². The molecule has 0 spiro atoms. The van der Waals surface area contributed by atoms with E-state index in [2.05, 4.69) is 10.3 Å². The van der Waals surface area contributed by atoms with Crippen molar-refractivity contribution in [3.8, 4) is 0 Å². The van der Waals surface area contributed by atoms with Gasteiger partial charge in [-0.25, -0.2) is 13.4 Å². The van der Waals surface area contributed by atoms with Crippen molar-refractivity contribution >= 4 is 26.9 Å². The maximum atomic E-state index is 11.8. The number of thiazole rings is 1. The Hall–Kier alpha value is -1.40. The van der Waals surface area contributed by atoms with E-state index in [1.807, 2.05) is 26.8 Å². The van der Waals surface area contributed by atoms with E-state index >= 15 is 0 Å². The van der Waals surface area contributed by atoms with Gasteiger partial charge in [-0.2, -0.15) is 0 Å². The van der Waals surface area contributed by atoms with Crippen LogP contribution < -0.4 is 5.32 Å². The molecule has 1 aromatic carbocycles. The lowest BCUT2D eigenvalue weighted by Gasteiger charge is -2.16. The highest BCUT2D eigenvalue weighted by Gasteiger charge is 2.17. The third kappa shape index (κ3) is 3.19. The van der Waals surface area contributed by atoms with E-state index in [0.717, 1.165) is 15.6 Å². The van der Waals surface area contributed by atoms with Gasteiger partial charge in [0.05, 0.1) is 27.3 Å². The van der Waals surface area contributed by atoms with Crippen molar-refractivity contribution in [2.75, 3.05) is 11.6 Å². The molecule has 0 aliphatic rings. The minimum absolute atomic E-state index is 0.0177. The highest BCUT2D eigenvalue weighted by molar-refractivity contribution is 7.90.